The predicted molar refractivity (Wildman–Crippen MR) is 56.5 cm³/mol. The molecule has 4 atom stereocenters. The monoisotopic (exact) mass is 184 g/mol. The third-order valence-electron chi connectivity index (χ3n) is 3.64. The molecule has 0 amide bonds. The molecule has 0 spiro atoms. The smallest absolute Gasteiger partial charge is 0.140 e. The Labute approximate surface area is 80.0 Å². The summed E-state index contributed by atoms with van der Waals surface area (Å²) in [4.78, 5) is 0. The van der Waals surface area contributed by atoms with Crippen LogP contribution in [0.2, 0.25) is 0 Å². The number of rotatable bonds is 1. The zero-order valence-corrected chi connectivity index (χ0v) is 8.99. The SMILES string of the molecule is BC1O[C@@]2(CC)CCSC1C2C. The van der Waals surface area contributed by atoms with Gasteiger partial charge in [0, 0.05) is 11.3 Å². The molecule has 2 fully saturated rings. The number of hydrogen-bond acceptors (Lipinski definition) is 2. The molecule has 0 aromatic heterocycles. The van der Waals surface area contributed by atoms with Gasteiger partial charge in [0.05, 0.1) is 5.60 Å². The van der Waals surface area contributed by atoms with Crippen molar-refractivity contribution >= 4 is 19.6 Å². The van der Waals surface area contributed by atoms with Crippen LogP contribution >= 0.6 is 11.8 Å². The van der Waals surface area contributed by atoms with Crippen molar-refractivity contribution in [3.63, 3.8) is 0 Å². The third-order valence-corrected chi connectivity index (χ3v) is 5.26. The molecule has 2 aliphatic rings. The van der Waals surface area contributed by atoms with Crippen LogP contribution in [0.25, 0.3) is 0 Å². The van der Waals surface area contributed by atoms with Crippen LogP contribution in [0.5, 0.6) is 0 Å². The van der Waals surface area contributed by atoms with E-state index >= 15 is 0 Å². The molecule has 12 heavy (non-hydrogen) atoms. The summed E-state index contributed by atoms with van der Waals surface area (Å²) in [6.45, 7) is 4.63. The van der Waals surface area contributed by atoms with Crippen molar-refractivity contribution in [1.82, 2.24) is 0 Å². The molecular formula is C9H17BOS. The first-order valence-electron chi connectivity index (χ1n) is 4.99. The normalized spacial score (nSPS) is 52.7. The third kappa shape index (κ3) is 1.06. The molecule has 0 N–H and O–H groups in total. The Hall–Kier alpha value is 0.375. The van der Waals surface area contributed by atoms with Crippen LogP contribution in [0.3, 0.4) is 0 Å². The lowest BCUT2D eigenvalue weighted by Gasteiger charge is -2.36. The van der Waals surface area contributed by atoms with Gasteiger partial charge in [-0.3, -0.25) is 0 Å². The van der Waals surface area contributed by atoms with E-state index in [0.29, 0.717) is 6.00 Å². The van der Waals surface area contributed by atoms with Crippen LogP contribution in [0.4, 0.5) is 0 Å². The molecule has 0 aromatic carbocycles. The second-order valence-electron chi connectivity index (χ2n) is 4.12. The molecule has 2 saturated heterocycles. The lowest BCUT2D eigenvalue weighted by Crippen LogP contribution is -2.38. The maximum absolute atomic E-state index is 6.11. The van der Waals surface area contributed by atoms with E-state index in [-0.39, 0.29) is 5.60 Å². The van der Waals surface area contributed by atoms with Gasteiger partial charge >= 0.3 is 0 Å². The average molecular weight is 184 g/mol. The molecule has 0 saturated carbocycles. The minimum atomic E-state index is 0.245. The van der Waals surface area contributed by atoms with Gasteiger partial charge in [-0.1, -0.05) is 13.8 Å². The van der Waals surface area contributed by atoms with Crippen LogP contribution in [0.15, 0.2) is 0 Å². The van der Waals surface area contributed by atoms with Gasteiger partial charge < -0.3 is 4.74 Å². The topological polar surface area (TPSA) is 9.23 Å². The highest BCUT2D eigenvalue weighted by Gasteiger charge is 2.52. The summed E-state index contributed by atoms with van der Waals surface area (Å²) >= 11 is 2.11. The molecule has 0 aliphatic carbocycles. The molecular weight excluding hydrogens is 167 g/mol. The molecule has 68 valence electrons. The highest BCUT2D eigenvalue weighted by atomic mass is 32.2. The number of hydrogen-bond donors (Lipinski definition) is 0. The number of fused-ring (bicyclic) bond motifs is 2. The van der Waals surface area contributed by atoms with E-state index in [1.54, 1.807) is 0 Å². The summed E-state index contributed by atoms with van der Waals surface area (Å²) < 4.78 is 6.11. The van der Waals surface area contributed by atoms with Crippen molar-refractivity contribution in [3.05, 3.63) is 0 Å². The molecule has 1 nitrogen and oxygen atoms in total. The van der Waals surface area contributed by atoms with Gasteiger partial charge in [-0.05, 0) is 24.5 Å². The van der Waals surface area contributed by atoms with Crippen LogP contribution in [-0.2, 0) is 4.74 Å². The highest BCUT2D eigenvalue weighted by Crippen LogP contribution is 2.50. The average Bonchev–Trinajstić information content (AvgIpc) is 2.23. The second kappa shape index (κ2) is 2.95. The minimum Gasteiger partial charge on any atom is -0.379 e. The fourth-order valence-corrected chi connectivity index (χ4v) is 4.37. The van der Waals surface area contributed by atoms with E-state index in [0.717, 1.165) is 11.2 Å². The van der Waals surface area contributed by atoms with E-state index in [1.807, 2.05) is 0 Å². The van der Waals surface area contributed by atoms with Crippen molar-refractivity contribution in [2.75, 3.05) is 5.75 Å². The number of ether oxygens (including phenoxy) is 1. The van der Waals surface area contributed by atoms with Gasteiger partial charge in [0.25, 0.3) is 0 Å². The van der Waals surface area contributed by atoms with Crippen LogP contribution in [-0.4, -0.2) is 30.5 Å². The molecule has 2 rings (SSSR count). The summed E-state index contributed by atoms with van der Waals surface area (Å²) in [5, 5.41) is 0.763. The highest BCUT2D eigenvalue weighted by molar-refractivity contribution is 8.00. The van der Waals surface area contributed by atoms with Crippen molar-refractivity contribution in [3.8, 4) is 0 Å². The zero-order valence-electron chi connectivity index (χ0n) is 8.17. The molecule has 2 bridgehead atoms. The predicted octanol–water partition coefficient (Wildman–Crippen LogP) is 1.27. The lowest BCUT2D eigenvalue weighted by molar-refractivity contribution is -0.0357. The van der Waals surface area contributed by atoms with Gasteiger partial charge in [-0.25, -0.2) is 0 Å². The maximum atomic E-state index is 6.11. The molecule has 3 unspecified atom stereocenters. The van der Waals surface area contributed by atoms with Crippen LogP contribution in [0.1, 0.15) is 26.7 Å². The van der Waals surface area contributed by atoms with Gasteiger partial charge in [0.2, 0.25) is 0 Å². The first-order valence-corrected chi connectivity index (χ1v) is 6.04. The molecule has 3 heteroatoms. The molecule has 2 heterocycles. The van der Waals surface area contributed by atoms with Gasteiger partial charge in [-0.15, -0.1) is 0 Å². The molecule has 0 radical (unpaired) electrons. The summed E-state index contributed by atoms with van der Waals surface area (Å²) in [5.74, 6) is 2.06. The van der Waals surface area contributed by atoms with E-state index in [4.69, 9.17) is 4.74 Å². The van der Waals surface area contributed by atoms with E-state index in [2.05, 4.69) is 33.5 Å². The fourth-order valence-electron chi connectivity index (χ4n) is 2.77. The summed E-state index contributed by atoms with van der Waals surface area (Å²) in [7, 11) is 2.23. The minimum absolute atomic E-state index is 0.245. The Kier molecular flexibility index (Phi) is 2.20. The van der Waals surface area contributed by atoms with Gasteiger partial charge in [0.15, 0.2) is 0 Å². The second-order valence-corrected chi connectivity index (χ2v) is 5.40. The van der Waals surface area contributed by atoms with Gasteiger partial charge in [-0.2, -0.15) is 11.8 Å². The van der Waals surface area contributed by atoms with Crippen LogP contribution < -0.4 is 0 Å². The quantitative estimate of drug-likeness (QED) is 0.567. The van der Waals surface area contributed by atoms with Crippen molar-refractivity contribution in [2.45, 2.75) is 43.5 Å². The van der Waals surface area contributed by atoms with Crippen molar-refractivity contribution < 1.29 is 4.74 Å². The summed E-state index contributed by atoms with van der Waals surface area (Å²) in [6.07, 6.45) is 2.45. The largest absolute Gasteiger partial charge is 0.379 e. The summed E-state index contributed by atoms with van der Waals surface area (Å²) in [6, 6.07) is 0.479. The Bertz CT molecular complexity index is 187. The zero-order chi connectivity index (χ0) is 8.77. The molecule has 2 aliphatic heterocycles. The Morgan fingerprint density at radius 3 is 3.00 bits per heavy atom. The standard InChI is InChI=1S/C9H17BOS/c1-3-9-4-5-12-7(6(9)2)8(10)11-9/h6-8H,3-5,10H2,1-2H3/t6?,7?,8?,9-/m0/s1. The van der Waals surface area contributed by atoms with Crippen molar-refractivity contribution in [1.29, 1.82) is 0 Å². The first-order chi connectivity index (χ1) is 5.69. The van der Waals surface area contributed by atoms with Crippen molar-refractivity contribution in [2.24, 2.45) is 5.92 Å². The Morgan fingerprint density at radius 2 is 2.42 bits per heavy atom. The fraction of sp³-hybridized carbons (Fsp3) is 1.00. The van der Waals surface area contributed by atoms with E-state index < -0.39 is 0 Å². The van der Waals surface area contributed by atoms with Gasteiger partial charge in [0.1, 0.15) is 7.85 Å². The Balaban J connectivity index is 2.24. The molecule has 0 aromatic rings. The maximum Gasteiger partial charge on any atom is 0.140 e. The number of thioether (sulfide) groups is 1. The van der Waals surface area contributed by atoms with E-state index in [9.17, 15) is 0 Å². The first kappa shape index (κ1) is 8.95. The van der Waals surface area contributed by atoms with E-state index in [1.165, 1.54) is 18.6 Å². The summed E-state index contributed by atoms with van der Waals surface area (Å²) in [5.41, 5.74) is 0.245. The van der Waals surface area contributed by atoms with Crippen LogP contribution in [0, 0.1) is 5.92 Å². The lowest BCUT2D eigenvalue weighted by atomic mass is 9.81. The Morgan fingerprint density at radius 1 is 1.67 bits per heavy atom.